The summed E-state index contributed by atoms with van der Waals surface area (Å²) in [7, 11) is -3.75. The van der Waals surface area contributed by atoms with Crippen molar-refractivity contribution in [2.24, 2.45) is 0 Å². The van der Waals surface area contributed by atoms with E-state index in [1.54, 1.807) is 32.0 Å². The molecule has 0 radical (unpaired) electrons. The Bertz CT molecular complexity index is 386. The van der Waals surface area contributed by atoms with Gasteiger partial charge in [0.25, 0.3) is 10.0 Å². The number of hydroxylamine groups is 1. The monoisotopic (exact) mass is 215 g/mol. The lowest BCUT2D eigenvalue weighted by atomic mass is 10.4. The molecule has 0 aromatic heterocycles. The van der Waals surface area contributed by atoms with Crippen LogP contribution in [0, 0.1) is 0 Å². The average Bonchev–Trinajstić information content (AvgIpc) is 2.18. The van der Waals surface area contributed by atoms with E-state index < -0.39 is 16.1 Å². The summed E-state index contributed by atoms with van der Waals surface area (Å²) in [6, 6.07) is 7.36. The molecule has 0 spiro atoms. The van der Waals surface area contributed by atoms with E-state index in [4.69, 9.17) is 0 Å². The number of hydrogen-bond acceptors (Lipinski definition) is 3. The van der Waals surface area contributed by atoms with Crippen molar-refractivity contribution in [3.05, 3.63) is 30.3 Å². The van der Waals surface area contributed by atoms with Crippen LogP contribution in [0.25, 0.3) is 0 Å². The van der Waals surface area contributed by atoms with Crippen LogP contribution in [0.3, 0.4) is 0 Å². The normalized spacial score (nSPS) is 12.4. The van der Waals surface area contributed by atoms with Crippen LogP contribution >= 0.6 is 0 Å². The zero-order valence-electron chi connectivity index (χ0n) is 8.08. The molecule has 0 fully saturated rings. The molecular formula is C9H13NO3S. The first-order valence-corrected chi connectivity index (χ1v) is 5.68. The van der Waals surface area contributed by atoms with Crippen LogP contribution in [0.5, 0.6) is 0 Å². The lowest BCUT2D eigenvalue weighted by Gasteiger charge is -2.18. The molecule has 0 atom stereocenters. The van der Waals surface area contributed by atoms with Crippen LogP contribution in [-0.2, 0) is 10.0 Å². The topological polar surface area (TPSA) is 57.6 Å². The van der Waals surface area contributed by atoms with Gasteiger partial charge in [0.2, 0.25) is 0 Å². The van der Waals surface area contributed by atoms with E-state index in [1.807, 2.05) is 0 Å². The third-order valence-electron chi connectivity index (χ3n) is 1.73. The molecule has 14 heavy (non-hydrogen) atoms. The second kappa shape index (κ2) is 4.08. The second-order valence-corrected chi connectivity index (χ2v) is 4.98. The maximum absolute atomic E-state index is 11.6. The van der Waals surface area contributed by atoms with Crippen molar-refractivity contribution >= 4 is 10.0 Å². The molecule has 1 N–H and O–H groups in total. The van der Waals surface area contributed by atoms with Crippen molar-refractivity contribution in [1.82, 2.24) is 4.47 Å². The van der Waals surface area contributed by atoms with Crippen LogP contribution in [0.15, 0.2) is 35.2 Å². The Hall–Kier alpha value is -0.910. The van der Waals surface area contributed by atoms with E-state index in [0.717, 1.165) is 0 Å². The summed E-state index contributed by atoms with van der Waals surface area (Å²) in [6.07, 6.45) is 0. The number of sulfonamides is 1. The van der Waals surface area contributed by atoms with E-state index in [9.17, 15) is 13.6 Å². The third-order valence-corrected chi connectivity index (χ3v) is 3.51. The first-order valence-electron chi connectivity index (χ1n) is 4.24. The average molecular weight is 215 g/mol. The first kappa shape index (κ1) is 11.2. The van der Waals surface area contributed by atoms with Gasteiger partial charge >= 0.3 is 0 Å². The van der Waals surface area contributed by atoms with Gasteiger partial charge in [-0.15, -0.1) is 0 Å². The van der Waals surface area contributed by atoms with E-state index in [0.29, 0.717) is 4.47 Å². The van der Waals surface area contributed by atoms with Gasteiger partial charge in [-0.3, -0.25) is 5.21 Å². The predicted octanol–water partition coefficient (Wildman–Crippen LogP) is 1.47. The van der Waals surface area contributed by atoms with Gasteiger partial charge in [-0.25, -0.2) is 8.42 Å². The molecule has 1 aromatic carbocycles. The Balaban J connectivity index is 3.10. The third kappa shape index (κ3) is 2.12. The number of benzene rings is 1. The summed E-state index contributed by atoms with van der Waals surface area (Å²) in [5.41, 5.74) is 0. The highest BCUT2D eigenvalue weighted by Gasteiger charge is 2.24. The molecule has 0 aliphatic rings. The summed E-state index contributed by atoms with van der Waals surface area (Å²) in [5.74, 6) is 0. The highest BCUT2D eigenvalue weighted by molar-refractivity contribution is 7.89. The SMILES string of the molecule is CC(C)N(O)S(=O)(=O)c1ccccc1. The molecule has 0 heterocycles. The summed E-state index contributed by atoms with van der Waals surface area (Å²) >= 11 is 0. The van der Waals surface area contributed by atoms with Crippen molar-refractivity contribution in [3.8, 4) is 0 Å². The molecule has 5 heteroatoms. The first-order chi connectivity index (χ1) is 6.46. The summed E-state index contributed by atoms with van der Waals surface area (Å²) in [4.78, 5) is 0.0937. The summed E-state index contributed by atoms with van der Waals surface area (Å²) in [5, 5.41) is 9.35. The molecule has 0 saturated carbocycles. The van der Waals surface area contributed by atoms with Gasteiger partial charge < -0.3 is 0 Å². The molecule has 4 nitrogen and oxygen atoms in total. The van der Waals surface area contributed by atoms with Crippen LogP contribution in [-0.4, -0.2) is 24.1 Å². The van der Waals surface area contributed by atoms with Gasteiger partial charge in [-0.05, 0) is 26.0 Å². The van der Waals surface area contributed by atoms with E-state index in [1.165, 1.54) is 12.1 Å². The standard InChI is InChI=1S/C9H13NO3S/c1-8(2)10(11)14(12,13)9-6-4-3-5-7-9/h3-8,11H,1-2H3. The number of hydrogen-bond donors (Lipinski definition) is 1. The molecule has 0 aliphatic heterocycles. The van der Waals surface area contributed by atoms with Crippen molar-refractivity contribution in [3.63, 3.8) is 0 Å². The van der Waals surface area contributed by atoms with Crippen molar-refractivity contribution in [2.75, 3.05) is 0 Å². The lowest BCUT2D eigenvalue weighted by molar-refractivity contribution is -0.0239. The smallest absolute Gasteiger partial charge is 0.265 e. The molecule has 1 aromatic rings. The van der Waals surface area contributed by atoms with Crippen molar-refractivity contribution < 1.29 is 13.6 Å². The van der Waals surface area contributed by atoms with Gasteiger partial charge in [0, 0.05) is 6.04 Å². The van der Waals surface area contributed by atoms with Crippen LogP contribution < -0.4 is 0 Å². The Morgan fingerprint density at radius 1 is 1.21 bits per heavy atom. The summed E-state index contributed by atoms with van der Waals surface area (Å²) < 4.78 is 23.7. The van der Waals surface area contributed by atoms with Crippen molar-refractivity contribution in [2.45, 2.75) is 24.8 Å². The molecule has 0 aliphatic carbocycles. The minimum absolute atomic E-state index is 0.0937. The van der Waals surface area contributed by atoms with Gasteiger partial charge in [0.05, 0.1) is 4.90 Å². The highest BCUT2D eigenvalue weighted by Crippen LogP contribution is 2.14. The largest absolute Gasteiger partial charge is 0.299 e. The predicted molar refractivity (Wildman–Crippen MR) is 52.4 cm³/mol. The van der Waals surface area contributed by atoms with Gasteiger partial charge in [-0.2, -0.15) is 0 Å². The molecular weight excluding hydrogens is 202 g/mol. The fourth-order valence-electron chi connectivity index (χ4n) is 0.978. The number of rotatable bonds is 3. The van der Waals surface area contributed by atoms with Gasteiger partial charge in [-0.1, -0.05) is 22.7 Å². The fraction of sp³-hybridized carbons (Fsp3) is 0.333. The highest BCUT2D eigenvalue weighted by atomic mass is 32.2. The van der Waals surface area contributed by atoms with Crippen LogP contribution in [0.4, 0.5) is 0 Å². The molecule has 78 valence electrons. The Kier molecular flexibility index (Phi) is 3.25. The number of nitrogens with zero attached hydrogens (tertiary/aromatic N) is 1. The Labute approximate surface area is 83.8 Å². The molecule has 0 saturated heterocycles. The Morgan fingerprint density at radius 2 is 1.71 bits per heavy atom. The minimum atomic E-state index is -3.75. The van der Waals surface area contributed by atoms with Gasteiger partial charge in [0.15, 0.2) is 0 Å². The maximum atomic E-state index is 11.6. The summed E-state index contributed by atoms with van der Waals surface area (Å²) in [6.45, 7) is 3.20. The molecule has 1 rings (SSSR count). The van der Waals surface area contributed by atoms with E-state index in [-0.39, 0.29) is 4.90 Å². The van der Waals surface area contributed by atoms with Crippen LogP contribution in [0.1, 0.15) is 13.8 Å². The van der Waals surface area contributed by atoms with Gasteiger partial charge in [0.1, 0.15) is 0 Å². The molecule has 0 amide bonds. The van der Waals surface area contributed by atoms with E-state index in [2.05, 4.69) is 0 Å². The fourth-order valence-corrected chi connectivity index (χ4v) is 2.25. The van der Waals surface area contributed by atoms with Crippen molar-refractivity contribution in [1.29, 1.82) is 0 Å². The Morgan fingerprint density at radius 3 is 2.14 bits per heavy atom. The van der Waals surface area contributed by atoms with E-state index >= 15 is 0 Å². The van der Waals surface area contributed by atoms with Crippen LogP contribution in [0.2, 0.25) is 0 Å². The zero-order chi connectivity index (χ0) is 10.8. The lowest BCUT2D eigenvalue weighted by Crippen LogP contribution is -2.33. The molecule has 0 unspecified atom stereocenters. The zero-order valence-corrected chi connectivity index (χ0v) is 8.90. The second-order valence-electron chi connectivity index (χ2n) is 3.18. The quantitative estimate of drug-likeness (QED) is 0.777. The minimum Gasteiger partial charge on any atom is -0.299 e. The maximum Gasteiger partial charge on any atom is 0.265 e. The molecule has 0 bridgehead atoms.